The number of thiophene rings is 1. The summed E-state index contributed by atoms with van der Waals surface area (Å²) >= 11 is 2.82. The van der Waals surface area contributed by atoms with E-state index in [0.717, 1.165) is 31.2 Å². The Hall–Kier alpha value is -3.11. The van der Waals surface area contributed by atoms with E-state index < -0.39 is 0 Å². The van der Waals surface area contributed by atoms with Gasteiger partial charge in [0, 0.05) is 19.9 Å². The van der Waals surface area contributed by atoms with Crippen LogP contribution in [-0.2, 0) is 0 Å². The van der Waals surface area contributed by atoms with Gasteiger partial charge in [-0.05, 0) is 54.1 Å². The third kappa shape index (κ3) is 3.51. The molecule has 8 nitrogen and oxygen atoms in total. The third-order valence-electron chi connectivity index (χ3n) is 3.99. The lowest BCUT2D eigenvalue weighted by Crippen LogP contribution is -2.12. The van der Waals surface area contributed by atoms with Crippen LogP contribution in [0.4, 0.5) is 5.95 Å². The number of aromatic hydroxyl groups is 1. The predicted molar refractivity (Wildman–Crippen MR) is 107 cm³/mol. The summed E-state index contributed by atoms with van der Waals surface area (Å²) in [5.41, 5.74) is 0.977. The molecule has 0 atom stereocenters. The van der Waals surface area contributed by atoms with Crippen molar-refractivity contribution in [3.8, 4) is 11.5 Å². The Morgan fingerprint density at radius 1 is 1.29 bits per heavy atom. The molecule has 28 heavy (non-hydrogen) atoms. The Labute approximate surface area is 167 Å². The molecule has 0 aliphatic carbocycles. The number of aromatic amines is 1. The number of aryl methyl sites for hydroxylation is 1. The monoisotopic (exact) mass is 413 g/mol. The molecule has 4 rings (SSSR count). The first kappa shape index (κ1) is 18.3. The first-order chi connectivity index (χ1) is 13.5. The Morgan fingerprint density at radius 3 is 2.75 bits per heavy atom. The molecule has 0 bridgehead atoms. The highest BCUT2D eigenvalue weighted by Gasteiger charge is 2.22. The van der Waals surface area contributed by atoms with Crippen molar-refractivity contribution >= 4 is 45.0 Å². The van der Waals surface area contributed by atoms with Gasteiger partial charge in [0.15, 0.2) is 0 Å². The number of nitrogens with one attached hydrogen (secondary N) is 2. The Balaban J connectivity index is 1.81. The number of hydrogen-bond acceptors (Lipinski definition) is 8. The number of H-pyrrole nitrogens is 1. The van der Waals surface area contributed by atoms with Crippen LogP contribution in [0, 0.1) is 6.92 Å². The van der Waals surface area contributed by atoms with Gasteiger partial charge in [-0.25, -0.2) is 0 Å². The van der Waals surface area contributed by atoms with Crippen LogP contribution in [0.3, 0.4) is 0 Å². The molecule has 0 fully saturated rings. The van der Waals surface area contributed by atoms with Crippen LogP contribution >= 0.6 is 23.1 Å². The summed E-state index contributed by atoms with van der Waals surface area (Å²) in [6, 6.07) is 10.8. The summed E-state index contributed by atoms with van der Waals surface area (Å²) in [7, 11) is 1.62. The number of phenolic OH excluding ortho intramolecular Hbond substituents is 1. The molecule has 1 amide bonds. The van der Waals surface area contributed by atoms with E-state index in [1.54, 1.807) is 31.4 Å². The summed E-state index contributed by atoms with van der Waals surface area (Å²) in [4.78, 5) is 15.1. The zero-order chi connectivity index (χ0) is 19.7. The van der Waals surface area contributed by atoms with Crippen LogP contribution in [-0.4, -0.2) is 38.7 Å². The van der Waals surface area contributed by atoms with E-state index in [9.17, 15) is 9.90 Å². The highest BCUT2D eigenvalue weighted by molar-refractivity contribution is 7.99. The summed E-state index contributed by atoms with van der Waals surface area (Å²) in [6.07, 6.45) is 0. The van der Waals surface area contributed by atoms with E-state index in [0.29, 0.717) is 4.88 Å². The molecular formula is C18H15N5O3S2. The van der Waals surface area contributed by atoms with Crippen molar-refractivity contribution in [1.82, 2.24) is 20.6 Å². The van der Waals surface area contributed by atoms with Gasteiger partial charge in [-0.2, -0.15) is 5.21 Å². The van der Waals surface area contributed by atoms with Gasteiger partial charge in [0.25, 0.3) is 11.9 Å². The fraction of sp³-hybridized carbons (Fsp3) is 0.111. The number of benzene rings is 2. The number of carbonyl (C=O) groups excluding carboxylic acids is 1. The van der Waals surface area contributed by atoms with Crippen LogP contribution in [0.5, 0.6) is 11.5 Å². The minimum absolute atomic E-state index is 0.108. The largest absolute Gasteiger partial charge is 0.508 e. The molecule has 10 heteroatoms. The lowest BCUT2D eigenvalue weighted by molar-refractivity contribution is 0.102. The summed E-state index contributed by atoms with van der Waals surface area (Å²) in [6.45, 7) is 1.96. The van der Waals surface area contributed by atoms with E-state index in [1.807, 2.05) is 19.1 Å². The second kappa shape index (κ2) is 7.49. The minimum atomic E-state index is -0.319. The lowest BCUT2D eigenvalue weighted by Gasteiger charge is -2.07. The van der Waals surface area contributed by atoms with Crippen molar-refractivity contribution < 1.29 is 14.6 Å². The molecule has 4 aromatic rings. The van der Waals surface area contributed by atoms with Gasteiger partial charge >= 0.3 is 0 Å². The molecular weight excluding hydrogens is 398 g/mol. The number of aromatic nitrogens is 4. The molecule has 0 unspecified atom stereocenters. The summed E-state index contributed by atoms with van der Waals surface area (Å²) < 4.78 is 6.35. The van der Waals surface area contributed by atoms with Crippen molar-refractivity contribution in [2.75, 3.05) is 12.4 Å². The normalized spacial score (nSPS) is 10.9. The Kier molecular flexibility index (Phi) is 4.88. The topological polar surface area (TPSA) is 113 Å². The number of carbonyl (C=O) groups is 1. The maximum Gasteiger partial charge on any atom is 0.270 e. The molecule has 0 aliphatic heterocycles. The average Bonchev–Trinajstić information content (AvgIpc) is 3.31. The molecule has 0 spiro atoms. The van der Waals surface area contributed by atoms with E-state index in [4.69, 9.17) is 4.74 Å². The van der Waals surface area contributed by atoms with E-state index in [2.05, 4.69) is 25.9 Å². The number of tetrazole rings is 1. The number of methoxy groups -OCH3 is 1. The zero-order valence-corrected chi connectivity index (χ0v) is 16.5. The molecule has 3 N–H and O–H groups in total. The Bertz CT molecular complexity index is 1140. The van der Waals surface area contributed by atoms with Crippen molar-refractivity contribution in [3.05, 3.63) is 46.8 Å². The van der Waals surface area contributed by atoms with Crippen molar-refractivity contribution in [2.24, 2.45) is 0 Å². The maximum absolute atomic E-state index is 12.9. The quantitative estimate of drug-likeness (QED) is 0.455. The second-order valence-electron chi connectivity index (χ2n) is 5.86. The number of ether oxygens (including phenoxy) is 1. The SMILES string of the molecule is COc1cc2sc(C(=O)Nc3nn[nH]n3)c(Sc3ccc(O)cc3)c2cc1C. The van der Waals surface area contributed by atoms with Crippen LogP contribution in [0.1, 0.15) is 15.2 Å². The molecule has 142 valence electrons. The molecule has 0 saturated heterocycles. The van der Waals surface area contributed by atoms with Gasteiger partial charge in [-0.1, -0.05) is 16.9 Å². The number of hydrogen-bond donors (Lipinski definition) is 3. The molecule has 2 aromatic heterocycles. The summed E-state index contributed by atoms with van der Waals surface area (Å²) in [5.74, 6) is 0.743. The molecule has 0 radical (unpaired) electrons. The van der Waals surface area contributed by atoms with E-state index >= 15 is 0 Å². The molecule has 2 aromatic carbocycles. The van der Waals surface area contributed by atoms with E-state index in [-0.39, 0.29) is 17.6 Å². The van der Waals surface area contributed by atoms with Crippen LogP contribution in [0.15, 0.2) is 46.2 Å². The minimum Gasteiger partial charge on any atom is -0.508 e. The van der Waals surface area contributed by atoms with Crippen molar-refractivity contribution in [2.45, 2.75) is 16.7 Å². The fourth-order valence-electron chi connectivity index (χ4n) is 2.69. The second-order valence-corrected chi connectivity index (χ2v) is 8.00. The molecule has 2 heterocycles. The van der Waals surface area contributed by atoms with Crippen LogP contribution < -0.4 is 10.1 Å². The first-order valence-corrected chi connectivity index (χ1v) is 9.81. The van der Waals surface area contributed by atoms with Gasteiger partial charge in [0.1, 0.15) is 16.4 Å². The molecule has 0 aliphatic rings. The van der Waals surface area contributed by atoms with Gasteiger partial charge in [0.2, 0.25) is 0 Å². The number of amides is 1. The zero-order valence-electron chi connectivity index (χ0n) is 14.9. The lowest BCUT2D eigenvalue weighted by atomic mass is 10.1. The van der Waals surface area contributed by atoms with Gasteiger partial charge in [0.05, 0.1) is 7.11 Å². The van der Waals surface area contributed by atoms with Crippen molar-refractivity contribution in [1.29, 1.82) is 0 Å². The van der Waals surface area contributed by atoms with Crippen LogP contribution in [0.2, 0.25) is 0 Å². The number of rotatable bonds is 5. The highest BCUT2D eigenvalue weighted by Crippen LogP contribution is 2.44. The molecule has 0 saturated carbocycles. The van der Waals surface area contributed by atoms with E-state index in [1.165, 1.54) is 23.1 Å². The number of nitrogens with zero attached hydrogens (tertiary/aromatic N) is 3. The van der Waals surface area contributed by atoms with Gasteiger partial charge < -0.3 is 9.84 Å². The number of phenols is 1. The van der Waals surface area contributed by atoms with Crippen molar-refractivity contribution in [3.63, 3.8) is 0 Å². The van der Waals surface area contributed by atoms with Gasteiger partial charge in [-0.15, -0.1) is 16.4 Å². The summed E-state index contributed by atoms with van der Waals surface area (Å²) in [5, 5.41) is 26.4. The third-order valence-corrected chi connectivity index (χ3v) is 6.41. The standard InChI is InChI=1S/C18H15N5O3S2/c1-9-7-12-14(8-13(9)26-2)28-16(17(25)19-18-20-22-23-21-18)15(12)27-11-5-3-10(24)4-6-11/h3-8,24H,1-2H3,(H2,19,20,21,22,23,25). The smallest absolute Gasteiger partial charge is 0.270 e. The number of fused-ring (bicyclic) bond motifs is 1. The average molecular weight is 413 g/mol. The Morgan fingerprint density at radius 2 is 2.07 bits per heavy atom. The number of anilines is 1. The predicted octanol–water partition coefficient (Wildman–Crippen LogP) is 3.84. The fourth-order valence-corrected chi connectivity index (χ4v) is 4.98. The van der Waals surface area contributed by atoms with Crippen LogP contribution in [0.25, 0.3) is 10.1 Å². The maximum atomic E-state index is 12.9. The first-order valence-electron chi connectivity index (χ1n) is 8.18. The highest BCUT2D eigenvalue weighted by atomic mass is 32.2. The van der Waals surface area contributed by atoms with Gasteiger partial charge in [-0.3, -0.25) is 10.1 Å².